The molecule has 2 aliphatic rings. The molecule has 9 heteroatoms. The number of nitrogens with zero attached hydrogens (tertiary/aromatic N) is 1. The average molecular weight is 328 g/mol. The molecule has 0 aromatic heterocycles. The molecule has 23 heavy (non-hydrogen) atoms. The van der Waals surface area contributed by atoms with Gasteiger partial charge in [0.05, 0.1) is 6.54 Å². The summed E-state index contributed by atoms with van der Waals surface area (Å²) in [7, 11) is 0. The third-order valence-corrected chi connectivity index (χ3v) is 3.68. The van der Waals surface area contributed by atoms with E-state index in [0.29, 0.717) is 19.4 Å². The minimum absolute atomic E-state index is 0.0818. The van der Waals surface area contributed by atoms with Gasteiger partial charge in [-0.05, 0) is 31.5 Å². The van der Waals surface area contributed by atoms with Gasteiger partial charge in [0.15, 0.2) is 11.5 Å². The molecule has 1 saturated heterocycles. The lowest BCUT2D eigenvalue weighted by molar-refractivity contribution is -0.286. The fraction of sp³-hybridized carbons (Fsp3) is 0.429. The van der Waals surface area contributed by atoms with Crippen molar-refractivity contribution in [3.8, 4) is 11.5 Å². The van der Waals surface area contributed by atoms with E-state index < -0.39 is 24.2 Å². The Bertz CT molecular complexity index is 652. The molecule has 1 aromatic rings. The normalized spacial score (nSPS) is 22.1. The van der Waals surface area contributed by atoms with E-state index in [1.807, 2.05) is 0 Å². The predicted molar refractivity (Wildman–Crippen MR) is 73.5 cm³/mol. The summed E-state index contributed by atoms with van der Waals surface area (Å²) in [5.74, 6) is -1.67. The first-order valence-electron chi connectivity index (χ1n) is 7.01. The van der Waals surface area contributed by atoms with Crippen molar-refractivity contribution < 1.29 is 33.0 Å². The van der Waals surface area contributed by atoms with Gasteiger partial charge in [-0.1, -0.05) is 0 Å². The Morgan fingerprint density at radius 1 is 1.35 bits per heavy atom. The number of rotatable bonds is 4. The number of benzene rings is 1. The third-order valence-electron chi connectivity index (χ3n) is 3.68. The SMILES string of the molecule is O=C(CN1CCC[C@@H]1C(=O)O)Nc1ccc2c(c1)OC(F)(F)O2. The Labute approximate surface area is 129 Å². The van der Waals surface area contributed by atoms with E-state index in [4.69, 9.17) is 5.11 Å². The van der Waals surface area contributed by atoms with E-state index in [1.165, 1.54) is 18.2 Å². The number of fused-ring (bicyclic) bond motifs is 1. The van der Waals surface area contributed by atoms with Gasteiger partial charge in [0.25, 0.3) is 0 Å². The van der Waals surface area contributed by atoms with Crippen LogP contribution in [0, 0.1) is 0 Å². The van der Waals surface area contributed by atoms with Crippen LogP contribution in [0.2, 0.25) is 0 Å². The van der Waals surface area contributed by atoms with Crippen LogP contribution in [-0.2, 0) is 9.59 Å². The number of carboxylic acids is 1. The number of carboxylic acid groups (broad SMARTS) is 1. The fourth-order valence-electron chi connectivity index (χ4n) is 2.71. The number of amides is 1. The standard InChI is InChI=1S/C14H14F2N2O5/c15-14(16)22-10-4-3-8(6-11(10)23-14)17-12(19)7-18-5-1-2-9(18)13(20)21/h3-4,6,9H,1-2,5,7H2,(H,17,19)(H,20,21)/t9-/m1/s1. The number of nitrogens with one attached hydrogen (secondary N) is 1. The smallest absolute Gasteiger partial charge is 0.480 e. The van der Waals surface area contributed by atoms with Gasteiger partial charge in [-0.3, -0.25) is 14.5 Å². The number of hydrogen-bond donors (Lipinski definition) is 2. The highest BCUT2D eigenvalue weighted by molar-refractivity contribution is 5.93. The first kappa shape index (κ1) is 15.5. The van der Waals surface area contributed by atoms with Gasteiger partial charge in [-0.15, -0.1) is 8.78 Å². The van der Waals surface area contributed by atoms with E-state index >= 15 is 0 Å². The molecule has 0 bridgehead atoms. The van der Waals surface area contributed by atoms with Crippen molar-refractivity contribution in [1.29, 1.82) is 0 Å². The molecule has 0 aliphatic carbocycles. The number of carbonyl (C=O) groups excluding carboxylic acids is 1. The van der Waals surface area contributed by atoms with E-state index in [2.05, 4.69) is 14.8 Å². The summed E-state index contributed by atoms with van der Waals surface area (Å²) >= 11 is 0. The highest BCUT2D eigenvalue weighted by Crippen LogP contribution is 2.42. The Morgan fingerprint density at radius 3 is 2.83 bits per heavy atom. The fourth-order valence-corrected chi connectivity index (χ4v) is 2.71. The molecule has 7 nitrogen and oxygen atoms in total. The van der Waals surface area contributed by atoms with Crippen LogP contribution in [0.5, 0.6) is 11.5 Å². The summed E-state index contributed by atoms with van der Waals surface area (Å²) in [5, 5.41) is 11.6. The maximum atomic E-state index is 12.9. The maximum absolute atomic E-state index is 12.9. The quantitative estimate of drug-likeness (QED) is 0.871. The van der Waals surface area contributed by atoms with E-state index in [1.54, 1.807) is 4.90 Å². The van der Waals surface area contributed by atoms with E-state index in [-0.39, 0.29) is 23.7 Å². The predicted octanol–water partition coefficient (Wildman–Crippen LogP) is 1.50. The number of aliphatic carboxylic acids is 1. The van der Waals surface area contributed by atoms with Crippen LogP contribution in [0.25, 0.3) is 0 Å². The Morgan fingerprint density at radius 2 is 2.09 bits per heavy atom. The van der Waals surface area contributed by atoms with Crippen molar-refractivity contribution in [2.75, 3.05) is 18.4 Å². The molecule has 0 radical (unpaired) electrons. The summed E-state index contributed by atoms with van der Waals surface area (Å²) in [6.45, 7) is 0.444. The molecule has 1 aromatic carbocycles. The number of anilines is 1. The molecule has 1 amide bonds. The van der Waals surface area contributed by atoms with Crippen LogP contribution in [-0.4, -0.2) is 47.3 Å². The van der Waals surface area contributed by atoms with Crippen LogP contribution < -0.4 is 14.8 Å². The third kappa shape index (κ3) is 3.34. The monoisotopic (exact) mass is 328 g/mol. The Balaban J connectivity index is 1.62. The van der Waals surface area contributed by atoms with Gasteiger partial charge in [0.2, 0.25) is 5.91 Å². The average Bonchev–Trinajstić information content (AvgIpc) is 3.00. The van der Waals surface area contributed by atoms with Crippen molar-refractivity contribution in [1.82, 2.24) is 4.90 Å². The molecular weight excluding hydrogens is 314 g/mol. The van der Waals surface area contributed by atoms with Crippen LogP contribution in [0.15, 0.2) is 18.2 Å². The molecule has 0 unspecified atom stereocenters. The van der Waals surface area contributed by atoms with Crippen molar-refractivity contribution in [3.05, 3.63) is 18.2 Å². The zero-order valence-electron chi connectivity index (χ0n) is 11.9. The number of likely N-dealkylation sites (tertiary alicyclic amines) is 1. The zero-order chi connectivity index (χ0) is 16.6. The summed E-state index contributed by atoms with van der Waals surface area (Å²) < 4.78 is 34.4. The lowest BCUT2D eigenvalue weighted by atomic mass is 10.2. The summed E-state index contributed by atoms with van der Waals surface area (Å²) in [6, 6.07) is 3.23. The highest BCUT2D eigenvalue weighted by Gasteiger charge is 2.43. The van der Waals surface area contributed by atoms with Gasteiger partial charge >= 0.3 is 12.3 Å². The molecule has 1 fully saturated rings. The van der Waals surface area contributed by atoms with E-state index in [9.17, 15) is 18.4 Å². The lowest BCUT2D eigenvalue weighted by Crippen LogP contribution is -2.40. The van der Waals surface area contributed by atoms with Gasteiger partial charge in [-0.2, -0.15) is 0 Å². The molecule has 0 saturated carbocycles. The topological polar surface area (TPSA) is 88.1 Å². The van der Waals surface area contributed by atoms with Crippen LogP contribution >= 0.6 is 0 Å². The molecule has 3 rings (SSSR count). The first-order chi connectivity index (χ1) is 10.8. The maximum Gasteiger partial charge on any atom is 0.586 e. The zero-order valence-corrected chi connectivity index (χ0v) is 11.9. The number of ether oxygens (including phenoxy) is 2. The van der Waals surface area contributed by atoms with Crippen molar-refractivity contribution >= 4 is 17.6 Å². The Kier molecular flexibility index (Phi) is 3.80. The minimum Gasteiger partial charge on any atom is -0.480 e. The molecule has 0 spiro atoms. The summed E-state index contributed by atoms with van der Waals surface area (Å²) in [6.07, 6.45) is -2.50. The summed E-state index contributed by atoms with van der Waals surface area (Å²) in [4.78, 5) is 24.6. The summed E-state index contributed by atoms with van der Waals surface area (Å²) in [5.41, 5.74) is 0.265. The van der Waals surface area contributed by atoms with Gasteiger partial charge in [0.1, 0.15) is 6.04 Å². The second-order valence-electron chi connectivity index (χ2n) is 5.34. The van der Waals surface area contributed by atoms with Crippen molar-refractivity contribution in [2.24, 2.45) is 0 Å². The first-order valence-corrected chi connectivity index (χ1v) is 7.01. The number of carbonyl (C=O) groups is 2. The Hall–Kier alpha value is -2.42. The van der Waals surface area contributed by atoms with Gasteiger partial charge < -0.3 is 19.9 Å². The van der Waals surface area contributed by atoms with Crippen LogP contribution in [0.3, 0.4) is 0 Å². The number of hydrogen-bond acceptors (Lipinski definition) is 5. The molecule has 2 aliphatic heterocycles. The molecule has 124 valence electrons. The van der Waals surface area contributed by atoms with Crippen LogP contribution in [0.4, 0.5) is 14.5 Å². The minimum atomic E-state index is -3.71. The lowest BCUT2D eigenvalue weighted by Gasteiger charge is -2.20. The van der Waals surface area contributed by atoms with E-state index in [0.717, 1.165) is 0 Å². The number of halogens is 2. The largest absolute Gasteiger partial charge is 0.586 e. The molecule has 1 atom stereocenters. The number of alkyl halides is 2. The van der Waals surface area contributed by atoms with Gasteiger partial charge in [-0.25, -0.2) is 0 Å². The van der Waals surface area contributed by atoms with Crippen molar-refractivity contribution in [2.45, 2.75) is 25.2 Å². The molecule has 2 heterocycles. The van der Waals surface area contributed by atoms with Crippen molar-refractivity contribution in [3.63, 3.8) is 0 Å². The highest BCUT2D eigenvalue weighted by atomic mass is 19.3. The second kappa shape index (κ2) is 5.65. The van der Waals surface area contributed by atoms with Gasteiger partial charge in [0, 0.05) is 11.8 Å². The molecular formula is C14H14F2N2O5. The molecule has 2 N–H and O–H groups in total. The van der Waals surface area contributed by atoms with Crippen LogP contribution in [0.1, 0.15) is 12.8 Å². The second-order valence-corrected chi connectivity index (χ2v) is 5.34.